The Balaban J connectivity index is 3.68. The zero-order valence-electron chi connectivity index (χ0n) is 30.1. The van der Waals surface area contributed by atoms with E-state index in [-0.39, 0.29) is 17.6 Å². The number of hydrogen-bond acceptors (Lipinski definition) is 4. The van der Waals surface area contributed by atoms with Crippen LogP contribution in [-0.2, 0) is 9.22 Å². The van der Waals surface area contributed by atoms with E-state index < -0.39 is 26.6 Å². The maximum absolute atomic E-state index is 12.6. The van der Waals surface area contributed by atoms with Gasteiger partial charge in [-0.05, 0) is 31.5 Å². The Morgan fingerprint density at radius 1 is 0.674 bits per heavy atom. The van der Waals surface area contributed by atoms with Crippen molar-refractivity contribution in [3.05, 3.63) is 0 Å². The van der Waals surface area contributed by atoms with Crippen LogP contribution >= 0.6 is 0 Å². The van der Waals surface area contributed by atoms with E-state index in [0.717, 1.165) is 12.8 Å². The van der Waals surface area contributed by atoms with Crippen LogP contribution in [0.25, 0.3) is 0 Å². The summed E-state index contributed by atoms with van der Waals surface area (Å²) in [5, 5.41) is 23.2. The molecule has 0 aliphatic carbocycles. The summed E-state index contributed by atoms with van der Waals surface area (Å²) in [7, 11) is -2.16. The highest BCUT2D eigenvalue weighted by Crippen LogP contribution is 2.38. The zero-order chi connectivity index (χ0) is 32.4. The summed E-state index contributed by atoms with van der Waals surface area (Å²) >= 11 is 0. The van der Waals surface area contributed by atoms with Gasteiger partial charge in [-0.25, -0.2) is 0 Å². The normalized spacial score (nSPS) is 14.5. The predicted molar refractivity (Wildman–Crippen MR) is 189 cm³/mol. The molecule has 0 aromatic carbocycles. The molecule has 0 radical (unpaired) electrons. The van der Waals surface area contributed by atoms with Gasteiger partial charge in [0.15, 0.2) is 8.32 Å². The number of nitrogens with one attached hydrogen (secondary N) is 1. The van der Waals surface area contributed by atoms with Crippen LogP contribution in [0.3, 0.4) is 0 Å². The van der Waals surface area contributed by atoms with Gasteiger partial charge in [-0.2, -0.15) is 0 Å². The summed E-state index contributed by atoms with van der Waals surface area (Å²) in [5.74, 6) is -0.0629. The quantitative estimate of drug-likeness (QED) is 0.0547. The highest BCUT2D eigenvalue weighted by Gasteiger charge is 2.42. The predicted octanol–water partition coefficient (Wildman–Crippen LogP) is 10.6. The molecule has 0 saturated heterocycles. The Morgan fingerprint density at radius 3 is 1.28 bits per heavy atom. The van der Waals surface area contributed by atoms with E-state index in [4.69, 9.17) is 4.43 Å². The monoisotopic (exact) mass is 628 g/mol. The lowest BCUT2D eigenvalue weighted by atomic mass is 10.0. The van der Waals surface area contributed by atoms with Gasteiger partial charge in [0, 0.05) is 6.42 Å². The topological polar surface area (TPSA) is 78.8 Å². The van der Waals surface area contributed by atoms with Gasteiger partial charge < -0.3 is 20.0 Å². The maximum atomic E-state index is 12.6. The maximum Gasteiger partial charge on any atom is 0.220 e. The molecule has 0 bridgehead atoms. The minimum absolute atomic E-state index is 0.0180. The van der Waals surface area contributed by atoms with Crippen LogP contribution in [0, 0.1) is 0 Å². The Morgan fingerprint density at radius 2 is 1.00 bits per heavy atom. The molecule has 1 amide bonds. The van der Waals surface area contributed by atoms with Gasteiger partial charge in [0.05, 0.1) is 24.9 Å². The lowest BCUT2D eigenvalue weighted by Crippen LogP contribution is -2.56. The molecule has 5 nitrogen and oxygen atoms in total. The summed E-state index contributed by atoms with van der Waals surface area (Å²) < 4.78 is 6.39. The van der Waals surface area contributed by atoms with Crippen LogP contribution in [0.2, 0.25) is 18.1 Å². The van der Waals surface area contributed by atoms with Crippen molar-refractivity contribution in [2.45, 2.75) is 225 Å². The Bertz CT molecular complexity index is 635. The van der Waals surface area contributed by atoms with Crippen molar-refractivity contribution in [2.24, 2.45) is 0 Å². The average molecular weight is 628 g/mol. The smallest absolute Gasteiger partial charge is 0.220 e. The molecule has 258 valence electrons. The molecule has 3 atom stereocenters. The number of carbonyl (C=O) groups is 1. The first-order chi connectivity index (χ1) is 20.5. The Kier molecular flexibility index (Phi) is 26.5. The molecule has 1 unspecified atom stereocenters. The van der Waals surface area contributed by atoms with Crippen molar-refractivity contribution in [1.82, 2.24) is 5.32 Å². The third-order valence-electron chi connectivity index (χ3n) is 9.66. The van der Waals surface area contributed by atoms with Gasteiger partial charge >= 0.3 is 0 Å². The second-order valence-electron chi connectivity index (χ2n) is 15.0. The first-order valence-electron chi connectivity index (χ1n) is 18.7. The van der Waals surface area contributed by atoms with Crippen molar-refractivity contribution in [1.29, 1.82) is 0 Å². The summed E-state index contributed by atoms with van der Waals surface area (Å²) in [6.45, 7) is 14.4. The molecule has 0 heterocycles. The summed E-state index contributed by atoms with van der Waals surface area (Å²) in [5.41, 5.74) is 0. The van der Waals surface area contributed by atoms with E-state index in [9.17, 15) is 15.0 Å². The first-order valence-corrected chi connectivity index (χ1v) is 21.6. The standard InChI is InChI=1S/C37H77NO4Si/c1-8-9-10-11-12-13-14-15-16-17-18-19-20-21-22-23-24-25-26-27-28-29-30-31-35(41)38-34(32-39)36(33(2)40)42-43(6,7)37(3,4)5/h33-34,36,39-40H,8-32H2,1-7H3,(H,38,41)/t33-,34+,36?/m1/s1. The Labute approximate surface area is 270 Å². The van der Waals surface area contributed by atoms with E-state index in [0.29, 0.717) is 6.42 Å². The van der Waals surface area contributed by atoms with Crippen LogP contribution < -0.4 is 5.32 Å². The van der Waals surface area contributed by atoms with E-state index in [1.54, 1.807) is 6.92 Å². The van der Waals surface area contributed by atoms with Crippen molar-refractivity contribution in [3.63, 3.8) is 0 Å². The molecule has 0 saturated carbocycles. The van der Waals surface area contributed by atoms with E-state index in [1.807, 2.05) is 0 Å². The Hall–Kier alpha value is -0.433. The highest BCUT2D eigenvalue weighted by molar-refractivity contribution is 6.74. The molecule has 0 aromatic heterocycles. The van der Waals surface area contributed by atoms with Gasteiger partial charge in [-0.15, -0.1) is 0 Å². The summed E-state index contributed by atoms with van der Waals surface area (Å²) in [4.78, 5) is 12.6. The fourth-order valence-corrected chi connectivity index (χ4v) is 7.01. The van der Waals surface area contributed by atoms with Crippen molar-refractivity contribution >= 4 is 14.2 Å². The van der Waals surface area contributed by atoms with Crippen LogP contribution in [-0.4, -0.2) is 49.3 Å². The van der Waals surface area contributed by atoms with Crippen molar-refractivity contribution < 1.29 is 19.4 Å². The molecular weight excluding hydrogens is 550 g/mol. The molecular formula is C37H77NO4Si. The SMILES string of the molecule is CCCCCCCCCCCCCCCCCCCCCCCCCC(=O)N[C@@H](CO)C(O[Si](C)(C)C(C)(C)C)[C@@H](C)O. The number of rotatable bonds is 30. The lowest BCUT2D eigenvalue weighted by Gasteiger charge is -2.42. The van der Waals surface area contributed by atoms with Crippen LogP contribution in [0.15, 0.2) is 0 Å². The fourth-order valence-electron chi connectivity index (χ4n) is 5.62. The number of carbonyl (C=O) groups excluding carboxylic acids is 1. The lowest BCUT2D eigenvalue weighted by molar-refractivity contribution is -0.123. The number of aliphatic hydroxyl groups is 2. The van der Waals surface area contributed by atoms with Gasteiger partial charge in [0.2, 0.25) is 5.91 Å². The third kappa shape index (κ3) is 23.5. The highest BCUT2D eigenvalue weighted by atomic mass is 28.4. The molecule has 0 aliphatic rings. The van der Waals surface area contributed by atoms with Gasteiger partial charge in [0.25, 0.3) is 0 Å². The van der Waals surface area contributed by atoms with E-state index >= 15 is 0 Å². The number of aliphatic hydroxyl groups excluding tert-OH is 2. The second-order valence-corrected chi connectivity index (χ2v) is 19.7. The molecule has 0 aromatic rings. The van der Waals surface area contributed by atoms with Crippen LogP contribution in [0.1, 0.15) is 189 Å². The van der Waals surface area contributed by atoms with Crippen LogP contribution in [0.4, 0.5) is 0 Å². The summed E-state index contributed by atoms with van der Waals surface area (Å²) in [6, 6.07) is -0.592. The summed E-state index contributed by atoms with van der Waals surface area (Å²) in [6.07, 6.45) is 30.3. The molecule has 3 N–H and O–H groups in total. The molecule has 0 aliphatic heterocycles. The minimum Gasteiger partial charge on any atom is -0.409 e. The second kappa shape index (κ2) is 26.8. The molecule has 0 fully saturated rings. The molecule has 6 heteroatoms. The largest absolute Gasteiger partial charge is 0.409 e. The number of unbranched alkanes of at least 4 members (excludes halogenated alkanes) is 22. The van der Waals surface area contributed by atoms with E-state index in [1.165, 1.54) is 135 Å². The first kappa shape index (κ1) is 42.6. The molecule has 0 spiro atoms. The zero-order valence-corrected chi connectivity index (χ0v) is 31.1. The van der Waals surface area contributed by atoms with Crippen molar-refractivity contribution in [2.75, 3.05) is 6.61 Å². The molecule has 0 rings (SSSR count). The fraction of sp³-hybridized carbons (Fsp3) is 0.973. The minimum atomic E-state index is -2.16. The van der Waals surface area contributed by atoms with Gasteiger partial charge in [0.1, 0.15) is 0 Å². The number of hydrogen-bond donors (Lipinski definition) is 3. The van der Waals surface area contributed by atoms with Crippen LogP contribution in [0.5, 0.6) is 0 Å². The average Bonchev–Trinajstić information content (AvgIpc) is 2.94. The number of amides is 1. The van der Waals surface area contributed by atoms with E-state index in [2.05, 4.69) is 46.1 Å². The van der Waals surface area contributed by atoms with Gasteiger partial charge in [-0.3, -0.25) is 4.79 Å². The third-order valence-corrected chi connectivity index (χ3v) is 14.1. The molecule has 43 heavy (non-hydrogen) atoms. The van der Waals surface area contributed by atoms with Gasteiger partial charge in [-0.1, -0.05) is 169 Å². The van der Waals surface area contributed by atoms with Crippen molar-refractivity contribution in [3.8, 4) is 0 Å².